The third kappa shape index (κ3) is 3.48. The summed E-state index contributed by atoms with van der Waals surface area (Å²) in [6.45, 7) is 5.49. The molecule has 1 aromatic carbocycles. The van der Waals surface area contributed by atoms with Crippen molar-refractivity contribution in [3.63, 3.8) is 0 Å². The van der Waals surface area contributed by atoms with Crippen LogP contribution in [0.4, 0.5) is 0 Å². The highest BCUT2D eigenvalue weighted by atomic mass is 16.3. The van der Waals surface area contributed by atoms with Crippen molar-refractivity contribution in [2.75, 3.05) is 13.1 Å². The second kappa shape index (κ2) is 6.23. The van der Waals surface area contributed by atoms with Crippen LogP contribution < -0.4 is 0 Å². The average molecular weight is 270 g/mol. The Morgan fingerprint density at radius 2 is 2.05 bits per heavy atom. The molecule has 3 rings (SSSR count). The van der Waals surface area contributed by atoms with Crippen molar-refractivity contribution in [3.05, 3.63) is 42.3 Å². The summed E-state index contributed by atoms with van der Waals surface area (Å²) < 4.78 is 5.61. The molecule has 0 atom stereocenters. The van der Waals surface area contributed by atoms with Gasteiger partial charge in [-0.05, 0) is 43.9 Å². The van der Waals surface area contributed by atoms with Gasteiger partial charge in [0, 0.05) is 18.7 Å². The van der Waals surface area contributed by atoms with E-state index in [9.17, 15) is 0 Å². The molecule has 3 nitrogen and oxygen atoms in total. The van der Waals surface area contributed by atoms with E-state index in [-0.39, 0.29) is 0 Å². The van der Waals surface area contributed by atoms with Gasteiger partial charge in [0.2, 0.25) is 5.89 Å². The van der Waals surface area contributed by atoms with Crippen LogP contribution in [0.1, 0.15) is 31.9 Å². The second-order valence-electron chi connectivity index (χ2n) is 5.69. The minimum absolute atomic E-state index is 0.725. The van der Waals surface area contributed by atoms with Gasteiger partial charge in [-0.2, -0.15) is 0 Å². The lowest BCUT2D eigenvalue weighted by Gasteiger charge is -2.19. The van der Waals surface area contributed by atoms with E-state index in [2.05, 4.69) is 16.8 Å². The van der Waals surface area contributed by atoms with Gasteiger partial charge in [0.1, 0.15) is 6.26 Å². The molecule has 0 unspecified atom stereocenters. The highest BCUT2D eigenvalue weighted by Crippen LogP contribution is 2.30. The lowest BCUT2D eigenvalue weighted by Crippen LogP contribution is -2.26. The van der Waals surface area contributed by atoms with Crippen molar-refractivity contribution in [2.45, 2.75) is 32.7 Å². The molecule has 0 radical (unpaired) electrons. The van der Waals surface area contributed by atoms with E-state index in [0.29, 0.717) is 0 Å². The van der Waals surface area contributed by atoms with Gasteiger partial charge in [0.05, 0.1) is 5.69 Å². The molecule has 1 aromatic heterocycles. The first kappa shape index (κ1) is 13.4. The summed E-state index contributed by atoms with van der Waals surface area (Å²) >= 11 is 0. The Bertz CT molecular complexity index is 531. The number of benzene rings is 1. The van der Waals surface area contributed by atoms with Crippen LogP contribution in [0.3, 0.4) is 0 Å². The largest absolute Gasteiger partial charge is 0.444 e. The number of nitrogens with zero attached hydrogens (tertiary/aromatic N) is 2. The average Bonchev–Trinajstić information content (AvgIpc) is 3.16. The van der Waals surface area contributed by atoms with Crippen molar-refractivity contribution < 1.29 is 4.42 Å². The maximum absolute atomic E-state index is 5.61. The summed E-state index contributed by atoms with van der Waals surface area (Å²) in [6.07, 6.45) is 5.79. The van der Waals surface area contributed by atoms with Crippen LogP contribution in [-0.2, 0) is 6.54 Å². The van der Waals surface area contributed by atoms with Gasteiger partial charge < -0.3 is 4.42 Å². The summed E-state index contributed by atoms with van der Waals surface area (Å²) in [5, 5.41) is 0. The lowest BCUT2D eigenvalue weighted by atomic mass is 10.2. The van der Waals surface area contributed by atoms with Crippen LogP contribution in [0.25, 0.3) is 11.5 Å². The number of hydrogen-bond acceptors (Lipinski definition) is 3. The van der Waals surface area contributed by atoms with Crippen LogP contribution in [0.5, 0.6) is 0 Å². The third-order valence-electron chi connectivity index (χ3n) is 3.71. The Morgan fingerprint density at radius 3 is 2.75 bits per heavy atom. The van der Waals surface area contributed by atoms with E-state index in [1.807, 2.05) is 30.3 Å². The highest BCUT2D eigenvalue weighted by molar-refractivity contribution is 5.52. The van der Waals surface area contributed by atoms with Gasteiger partial charge in [0.25, 0.3) is 0 Å². The summed E-state index contributed by atoms with van der Waals surface area (Å²) in [7, 11) is 0. The molecule has 106 valence electrons. The maximum Gasteiger partial charge on any atom is 0.226 e. The van der Waals surface area contributed by atoms with Gasteiger partial charge in [-0.1, -0.05) is 25.1 Å². The molecule has 20 heavy (non-hydrogen) atoms. The molecule has 0 saturated heterocycles. The lowest BCUT2D eigenvalue weighted by molar-refractivity contribution is 0.252. The van der Waals surface area contributed by atoms with E-state index < -0.39 is 0 Å². The monoisotopic (exact) mass is 270 g/mol. The molecular formula is C17H22N2O. The fourth-order valence-corrected chi connectivity index (χ4v) is 2.54. The quantitative estimate of drug-likeness (QED) is 0.762. The van der Waals surface area contributed by atoms with Crippen molar-refractivity contribution in [2.24, 2.45) is 5.92 Å². The van der Waals surface area contributed by atoms with E-state index in [1.54, 1.807) is 6.26 Å². The maximum atomic E-state index is 5.61. The number of oxazole rings is 1. The summed E-state index contributed by atoms with van der Waals surface area (Å²) in [6, 6.07) is 10.1. The fraction of sp³-hybridized carbons (Fsp3) is 0.471. The van der Waals surface area contributed by atoms with E-state index in [4.69, 9.17) is 4.42 Å². The Balaban J connectivity index is 1.66. The molecule has 1 aliphatic rings. The second-order valence-corrected chi connectivity index (χ2v) is 5.69. The molecule has 1 fully saturated rings. The molecule has 0 amide bonds. The topological polar surface area (TPSA) is 29.3 Å². The Hall–Kier alpha value is -1.61. The third-order valence-corrected chi connectivity index (χ3v) is 3.71. The van der Waals surface area contributed by atoms with Gasteiger partial charge in [-0.15, -0.1) is 0 Å². The van der Waals surface area contributed by atoms with Crippen LogP contribution in [0.15, 0.2) is 41.0 Å². The molecular weight excluding hydrogens is 248 g/mol. The normalized spacial score (nSPS) is 14.9. The zero-order chi connectivity index (χ0) is 13.8. The number of hydrogen-bond donors (Lipinski definition) is 0. The minimum atomic E-state index is 0.725. The highest BCUT2D eigenvalue weighted by Gasteiger charge is 2.24. The van der Waals surface area contributed by atoms with Crippen LogP contribution >= 0.6 is 0 Å². The zero-order valence-corrected chi connectivity index (χ0v) is 12.1. The fourth-order valence-electron chi connectivity index (χ4n) is 2.54. The SMILES string of the molecule is CCCN(Cc1coc(-c2ccccc2)n1)CC1CC1. The summed E-state index contributed by atoms with van der Waals surface area (Å²) in [4.78, 5) is 7.13. The number of rotatable bonds is 7. The number of aromatic nitrogens is 1. The summed E-state index contributed by atoms with van der Waals surface area (Å²) in [5.74, 6) is 1.64. The van der Waals surface area contributed by atoms with Crippen LogP contribution in [0, 0.1) is 5.92 Å². The smallest absolute Gasteiger partial charge is 0.226 e. The minimum Gasteiger partial charge on any atom is -0.444 e. The first-order chi connectivity index (χ1) is 9.85. The Labute approximate surface area is 120 Å². The first-order valence-electron chi connectivity index (χ1n) is 7.57. The van der Waals surface area contributed by atoms with Crippen LogP contribution in [0.2, 0.25) is 0 Å². The van der Waals surface area contributed by atoms with Gasteiger partial charge in [0.15, 0.2) is 0 Å². The van der Waals surface area contributed by atoms with Crippen molar-refractivity contribution in [1.29, 1.82) is 0 Å². The summed E-state index contributed by atoms with van der Waals surface area (Å²) in [5.41, 5.74) is 2.08. The van der Waals surface area contributed by atoms with Gasteiger partial charge >= 0.3 is 0 Å². The van der Waals surface area contributed by atoms with Gasteiger partial charge in [-0.25, -0.2) is 4.98 Å². The van der Waals surface area contributed by atoms with E-state index >= 15 is 0 Å². The van der Waals surface area contributed by atoms with Crippen LogP contribution in [-0.4, -0.2) is 23.0 Å². The Morgan fingerprint density at radius 1 is 1.25 bits per heavy atom. The van der Waals surface area contributed by atoms with Crippen molar-refractivity contribution >= 4 is 0 Å². The Kier molecular flexibility index (Phi) is 4.16. The van der Waals surface area contributed by atoms with E-state index in [0.717, 1.165) is 36.2 Å². The molecule has 0 bridgehead atoms. The molecule has 0 N–H and O–H groups in total. The first-order valence-corrected chi connectivity index (χ1v) is 7.57. The molecule has 1 saturated carbocycles. The molecule has 3 heteroatoms. The molecule has 1 heterocycles. The van der Waals surface area contributed by atoms with E-state index in [1.165, 1.54) is 25.8 Å². The molecule has 2 aromatic rings. The van der Waals surface area contributed by atoms with Gasteiger partial charge in [-0.3, -0.25) is 4.90 Å². The molecule has 0 spiro atoms. The zero-order valence-electron chi connectivity index (χ0n) is 12.1. The standard InChI is InChI=1S/C17H22N2O/c1-2-10-19(11-14-8-9-14)12-16-13-20-17(18-16)15-6-4-3-5-7-15/h3-7,13-14H,2,8-12H2,1H3. The predicted molar refractivity (Wildman–Crippen MR) is 80.2 cm³/mol. The van der Waals surface area contributed by atoms with Crippen molar-refractivity contribution in [3.8, 4) is 11.5 Å². The predicted octanol–water partition coefficient (Wildman–Crippen LogP) is 3.96. The molecule has 1 aliphatic carbocycles. The molecule has 0 aliphatic heterocycles. The van der Waals surface area contributed by atoms with Crippen molar-refractivity contribution in [1.82, 2.24) is 9.88 Å².